The fourth-order valence-electron chi connectivity index (χ4n) is 3.44. The first-order chi connectivity index (χ1) is 12.6. The molecule has 140 valence electrons. The molecule has 1 N–H and O–H groups in total. The lowest BCUT2D eigenvalue weighted by Gasteiger charge is -2.37. The lowest BCUT2D eigenvalue weighted by molar-refractivity contribution is -0.132. The van der Waals surface area contributed by atoms with Crippen LogP contribution in [0.4, 0.5) is 0 Å². The molecular formula is C20H24Cl2N2OS. The van der Waals surface area contributed by atoms with E-state index >= 15 is 0 Å². The quantitative estimate of drug-likeness (QED) is 0.627. The van der Waals surface area contributed by atoms with E-state index in [0.29, 0.717) is 23.1 Å². The highest BCUT2D eigenvalue weighted by Gasteiger charge is 2.33. The molecule has 3 nitrogen and oxygen atoms in total. The zero-order valence-electron chi connectivity index (χ0n) is 14.9. The summed E-state index contributed by atoms with van der Waals surface area (Å²) in [6.45, 7) is 4.14. The summed E-state index contributed by atoms with van der Waals surface area (Å²) in [5.74, 6) is 0.120. The van der Waals surface area contributed by atoms with Gasteiger partial charge >= 0.3 is 0 Å². The van der Waals surface area contributed by atoms with Crippen LogP contribution in [0, 0.1) is 0 Å². The number of unbranched alkanes of at least 4 members (excludes halogenated alkanes) is 2. The summed E-state index contributed by atoms with van der Waals surface area (Å²) in [6.07, 6.45) is 4.37. The Morgan fingerprint density at radius 2 is 2.12 bits per heavy atom. The number of carbonyl (C=O) groups excluding carboxylic acids is 1. The number of thiophene rings is 1. The van der Waals surface area contributed by atoms with Gasteiger partial charge in [-0.25, -0.2) is 0 Å². The van der Waals surface area contributed by atoms with Crippen LogP contribution in [0.1, 0.15) is 48.2 Å². The molecule has 0 aliphatic carbocycles. The minimum absolute atomic E-state index is 0.120. The number of carbonyl (C=O) groups is 1. The third-order valence-corrected chi connectivity index (χ3v) is 6.34. The van der Waals surface area contributed by atoms with Gasteiger partial charge < -0.3 is 10.2 Å². The maximum absolute atomic E-state index is 12.9. The monoisotopic (exact) mass is 410 g/mol. The largest absolute Gasteiger partial charge is 0.330 e. The number of amides is 1. The van der Waals surface area contributed by atoms with Crippen molar-refractivity contribution >= 4 is 40.4 Å². The zero-order valence-corrected chi connectivity index (χ0v) is 17.3. The van der Waals surface area contributed by atoms with E-state index in [9.17, 15) is 4.79 Å². The Morgan fingerprint density at radius 3 is 2.88 bits per heavy atom. The Morgan fingerprint density at radius 1 is 1.27 bits per heavy atom. The number of benzene rings is 1. The molecule has 1 aromatic carbocycles. The smallest absolute Gasteiger partial charge is 0.237 e. The number of nitrogens with zero attached hydrogens (tertiary/aromatic N) is 1. The van der Waals surface area contributed by atoms with Crippen LogP contribution in [0.2, 0.25) is 10.0 Å². The van der Waals surface area contributed by atoms with Crippen LogP contribution in [0.15, 0.2) is 29.6 Å². The molecule has 0 fully saturated rings. The lowest BCUT2D eigenvalue weighted by Crippen LogP contribution is -2.44. The third-order valence-electron chi connectivity index (χ3n) is 4.78. The van der Waals surface area contributed by atoms with Crippen molar-refractivity contribution in [2.75, 3.05) is 19.6 Å². The molecule has 1 aromatic heterocycles. The van der Waals surface area contributed by atoms with Crippen molar-refractivity contribution in [3.8, 4) is 0 Å². The molecule has 6 heteroatoms. The predicted octanol–water partition coefficient (Wildman–Crippen LogP) is 5.31. The van der Waals surface area contributed by atoms with Gasteiger partial charge in [-0.15, -0.1) is 11.3 Å². The summed E-state index contributed by atoms with van der Waals surface area (Å²) in [6, 6.07) is 7.51. The first kappa shape index (κ1) is 19.7. The van der Waals surface area contributed by atoms with Crippen LogP contribution >= 0.6 is 34.5 Å². The normalized spacial score (nSPS) is 16.6. The van der Waals surface area contributed by atoms with Crippen LogP contribution in [-0.2, 0) is 11.2 Å². The Labute approximate surface area is 169 Å². The Kier molecular flexibility index (Phi) is 6.98. The summed E-state index contributed by atoms with van der Waals surface area (Å²) < 4.78 is 0. The molecule has 0 bridgehead atoms. The summed E-state index contributed by atoms with van der Waals surface area (Å²) in [5, 5.41) is 6.60. The van der Waals surface area contributed by atoms with Crippen LogP contribution in [0.5, 0.6) is 0 Å². The van der Waals surface area contributed by atoms with Gasteiger partial charge in [0.05, 0.1) is 12.6 Å². The van der Waals surface area contributed by atoms with E-state index in [-0.39, 0.29) is 11.9 Å². The molecule has 3 rings (SSSR count). The number of hydrogen-bond donors (Lipinski definition) is 1. The first-order valence-corrected chi connectivity index (χ1v) is 10.8. The zero-order chi connectivity index (χ0) is 18.5. The molecule has 1 unspecified atom stereocenters. The first-order valence-electron chi connectivity index (χ1n) is 9.13. The molecule has 1 atom stereocenters. The van der Waals surface area contributed by atoms with Gasteiger partial charge in [-0.1, -0.05) is 49.0 Å². The molecule has 0 radical (unpaired) electrons. The third kappa shape index (κ3) is 4.42. The number of halogens is 2. The van der Waals surface area contributed by atoms with Crippen LogP contribution in [0.3, 0.4) is 0 Å². The molecule has 26 heavy (non-hydrogen) atoms. The molecule has 0 spiro atoms. The van der Waals surface area contributed by atoms with E-state index in [1.807, 2.05) is 17.0 Å². The fraction of sp³-hybridized carbons (Fsp3) is 0.450. The van der Waals surface area contributed by atoms with E-state index in [4.69, 9.17) is 23.2 Å². The summed E-state index contributed by atoms with van der Waals surface area (Å²) >= 11 is 14.3. The average molecular weight is 411 g/mol. The van der Waals surface area contributed by atoms with E-state index < -0.39 is 0 Å². The van der Waals surface area contributed by atoms with Crippen molar-refractivity contribution in [1.82, 2.24) is 10.2 Å². The minimum Gasteiger partial charge on any atom is -0.330 e. The molecular weight excluding hydrogens is 387 g/mol. The topological polar surface area (TPSA) is 32.3 Å². The van der Waals surface area contributed by atoms with Crippen LogP contribution in [-0.4, -0.2) is 30.4 Å². The number of hydrogen-bond acceptors (Lipinski definition) is 3. The molecule has 1 aliphatic heterocycles. The van der Waals surface area contributed by atoms with Gasteiger partial charge in [0.1, 0.15) is 0 Å². The minimum atomic E-state index is -0.139. The fourth-order valence-corrected chi connectivity index (χ4v) is 4.86. The maximum atomic E-state index is 12.9. The second kappa shape index (κ2) is 9.23. The number of rotatable bonds is 7. The van der Waals surface area contributed by atoms with Gasteiger partial charge in [0, 0.05) is 21.5 Å². The van der Waals surface area contributed by atoms with Crippen LogP contribution < -0.4 is 5.32 Å². The SMILES string of the molecule is CCCCCNCC(=O)N1CCc2sccc2C1c1ccc(Cl)cc1Cl. The van der Waals surface area contributed by atoms with Gasteiger partial charge in [0.25, 0.3) is 0 Å². The lowest BCUT2D eigenvalue weighted by atomic mass is 9.93. The number of nitrogens with one attached hydrogen (secondary N) is 1. The summed E-state index contributed by atoms with van der Waals surface area (Å²) in [5.41, 5.74) is 2.12. The Bertz CT molecular complexity index is 762. The van der Waals surface area contributed by atoms with E-state index in [2.05, 4.69) is 23.7 Å². The van der Waals surface area contributed by atoms with Gasteiger partial charge in [0.2, 0.25) is 5.91 Å². The summed E-state index contributed by atoms with van der Waals surface area (Å²) in [7, 11) is 0. The van der Waals surface area contributed by atoms with Crippen molar-refractivity contribution in [3.05, 3.63) is 55.7 Å². The molecule has 1 aliphatic rings. The maximum Gasteiger partial charge on any atom is 0.237 e. The Hall–Kier alpha value is -1.07. The van der Waals surface area contributed by atoms with Crippen molar-refractivity contribution in [2.24, 2.45) is 0 Å². The van der Waals surface area contributed by atoms with Gasteiger partial charge in [-0.3, -0.25) is 4.79 Å². The highest BCUT2D eigenvalue weighted by Crippen LogP contribution is 2.40. The second-order valence-electron chi connectivity index (χ2n) is 6.59. The van der Waals surface area contributed by atoms with Crippen molar-refractivity contribution in [2.45, 2.75) is 38.6 Å². The average Bonchev–Trinajstić information content (AvgIpc) is 3.10. The summed E-state index contributed by atoms with van der Waals surface area (Å²) in [4.78, 5) is 16.2. The predicted molar refractivity (Wildman–Crippen MR) is 110 cm³/mol. The number of fused-ring (bicyclic) bond motifs is 1. The van der Waals surface area contributed by atoms with Gasteiger partial charge in [0.15, 0.2) is 0 Å². The van der Waals surface area contributed by atoms with Crippen molar-refractivity contribution < 1.29 is 4.79 Å². The Balaban J connectivity index is 1.81. The van der Waals surface area contributed by atoms with Crippen molar-refractivity contribution in [1.29, 1.82) is 0 Å². The molecule has 1 amide bonds. The highest BCUT2D eigenvalue weighted by atomic mass is 35.5. The van der Waals surface area contributed by atoms with E-state index in [1.165, 1.54) is 23.3 Å². The van der Waals surface area contributed by atoms with E-state index in [1.54, 1.807) is 17.4 Å². The molecule has 2 aromatic rings. The van der Waals surface area contributed by atoms with Gasteiger partial charge in [-0.2, -0.15) is 0 Å². The molecule has 2 heterocycles. The molecule has 0 saturated carbocycles. The van der Waals surface area contributed by atoms with Crippen molar-refractivity contribution in [3.63, 3.8) is 0 Å². The van der Waals surface area contributed by atoms with Gasteiger partial charge in [-0.05, 0) is 54.1 Å². The van der Waals surface area contributed by atoms with E-state index in [0.717, 1.165) is 24.9 Å². The molecule has 0 saturated heterocycles. The van der Waals surface area contributed by atoms with Crippen LogP contribution in [0.25, 0.3) is 0 Å². The second-order valence-corrected chi connectivity index (χ2v) is 8.43. The standard InChI is InChI=1S/C20H24Cl2N2OS/c1-2-3-4-9-23-13-19(25)24-10-7-18-16(8-11-26-18)20(24)15-6-5-14(21)12-17(15)22/h5-6,8,11-12,20,23H,2-4,7,9-10,13H2,1H3. The highest BCUT2D eigenvalue weighted by molar-refractivity contribution is 7.10.